The summed E-state index contributed by atoms with van der Waals surface area (Å²) < 4.78 is 41.0. The molecule has 4 aromatic rings. The highest BCUT2D eigenvalue weighted by molar-refractivity contribution is 7.99. The molecule has 0 unspecified atom stereocenters. The lowest BCUT2D eigenvalue weighted by molar-refractivity contribution is -0.137. The Kier molecular flexibility index (Phi) is 7.16. The van der Waals surface area contributed by atoms with Gasteiger partial charge in [-0.3, -0.25) is 9.36 Å². The molecule has 34 heavy (non-hydrogen) atoms. The van der Waals surface area contributed by atoms with E-state index in [1.165, 1.54) is 6.07 Å². The van der Waals surface area contributed by atoms with Crippen LogP contribution in [0.15, 0.2) is 78.0 Å². The molecule has 3 aromatic carbocycles. The highest BCUT2D eigenvalue weighted by atomic mass is 35.5. The fourth-order valence-corrected chi connectivity index (χ4v) is 4.21. The van der Waals surface area contributed by atoms with Crippen molar-refractivity contribution in [1.29, 1.82) is 0 Å². The number of hydrogen-bond acceptors (Lipinski definition) is 4. The third-order valence-electron chi connectivity index (χ3n) is 4.64. The Morgan fingerprint density at radius 1 is 0.971 bits per heavy atom. The second kappa shape index (κ2) is 10.1. The van der Waals surface area contributed by atoms with Gasteiger partial charge in [0.1, 0.15) is 0 Å². The average molecular weight is 523 g/mol. The molecule has 1 aromatic heterocycles. The fraction of sp³-hybridized carbons (Fsp3) is 0.0870. The molecule has 174 valence electrons. The first-order chi connectivity index (χ1) is 16.2. The highest BCUT2D eigenvalue weighted by Crippen LogP contribution is 2.36. The Balaban J connectivity index is 1.56. The molecule has 0 spiro atoms. The van der Waals surface area contributed by atoms with Gasteiger partial charge in [0.15, 0.2) is 11.0 Å². The lowest BCUT2D eigenvalue weighted by atomic mass is 10.2. The fourth-order valence-electron chi connectivity index (χ4n) is 3.11. The Morgan fingerprint density at radius 3 is 2.35 bits per heavy atom. The molecule has 0 fully saturated rings. The number of hydrogen-bond donors (Lipinski definition) is 1. The molecule has 1 N–H and O–H groups in total. The second-order valence-electron chi connectivity index (χ2n) is 7.01. The molecule has 0 atom stereocenters. The third kappa shape index (κ3) is 5.55. The first kappa shape index (κ1) is 24.1. The minimum atomic E-state index is -4.63. The first-order valence-corrected chi connectivity index (χ1v) is 11.5. The Hall–Kier alpha value is -3.01. The van der Waals surface area contributed by atoms with E-state index < -0.39 is 22.7 Å². The minimum Gasteiger partial charge on any atom is -0.325 e. The van der Waals surface area contributed by atoms with Crippen LogP contribution < -0.4 is 5.32 Å². The van der Waals surface area contributed by atoms with Crippen LogP contribution in [0.5, 0.6) is 0 Å². The maximum atomic E-state index is 13.1. The van der Waals surface area contributed by atoms with Gasteiger partial charge in [0.2, 0.25) is 5.91 Å². The van der Waals surface area contributed by atoms with E-state index in [9.17, 15) is 18.0 Å². The number of nitrogens with one attached hydrogen (secondary N) is 1. The van der Waals surface area contributed by atoms with E-state index in [1.54, 1.807) is 28.8 Å². The molecule has 1 amide bonds. The van der Waals surface area contributed by atoms with Crippen molar-refractivity contribution in [3.8, 4) is 17.1 Å². The molecule has 5 nitrogen and oxygen atoms in total. The highest BCUT2D eigenvalue weighted by Gasteiger charge is 2.33. The van der Waals surface area contributed by atoms with Gasteiger partial charge >= 0.3 is 6.18 Å². The number of nitrogens with zero attached hydrogens (tertiary/aromatic N) is 3. The van der Waals surface area contributed by atoms with Gasteiger partial charge in [-0.05, 0) is 42.5 Å². The van der Waals surface area contributed by atoms with E-state index in [-0.39, 0.29) is 11.4 Å². The lowest BCUT2D eigenvalue weighted by Crippen LogP contribution is -2.15. The standard InChI is InChI=1S/C23H15Cl2F3N4OS/c24-15-6-9-17(10-7-15)32-21(14-4-2-1-3-5-14)30-31-22(32)34-13-20(33)29-16-8-11-19(25)18(12-16)23(26,27)28/h1-12H,13H2,(H,29,33). The van der Waals surface area contributed by atoms with Crippen LogP contribution in [-0.2, 0) is 11.0 Å². The molecular formula is C23H15Cl2F3N4OS. The van der Waals surface area contributed by atoms with Crippen molar-refractivity contribution in [2.45, 2.75) is 11.3 Å². The summed E-state index contributed by atoms with van der Waals surface area (Å²) in [5.41, 5.74) is 0.534. The second-order valence-corrected chi connectivity index (χ2v) is 8.80. The topological polar surface area (TPSA) is 59.8 Å². The van der Waals surface area contributed by atoms with E-state index >= 15 is 0 Å². The van der Waals surface area contributed by atoms with Crippen molar-refractivity contribution >= 4 is 46.6 Å². The van der Waals surface area contributed by atoms with Crippen molar-refractivity contribution in [3.05, 3.63) is 88.4 Å². The van der Waals surface area contributed by atoms with Crippen LogP contribution in [0.3, 0.4) is 0 Å². The number of anilines is 1. The van der Waals surface area contributed by atoms with E-state index in [0.717, 1.165) is 35.1 Å². The maximum absolute atomic E-state index is 13.1. The van der Waals surface area contributed by atoms with Gasteiger partial charge in [0.05, 0.1) is 16.3 Å². The molecule has 1 heterocycles. The molecule has 0 saturated carbocycles. The van der Waals surface area contributed by atoms with Gasteiger partial charge < -0.3 is 5.32 Å². The van der Waals surface area contributed by atoms with Crippen LogP contribution in [0.2, 0.25) is 10.0 Å². The number of carbonyl (C=O) groups is 1. The Morgan fingerprint density at radius 2 is 1.68 bits per heavy atom. The van der Waals surface area contributed by atoms with Crippen LogP contribution in [0.4, 0.5) is 18.9 Å². The molecule has 4 rings (SSSR count). The summed E-state index contributed by atoms with van der Waals surface area (Å²) in [7, 11) is 0. The zero-order valence-electron chi connectivity index (χ0n) is 17.2. The number of aromatic nitrogens is 3. The van der Waals surface area contributed by atoms with E-state index in [4.69, 9.17) is 23.2 Å². The number of rotatable bonds is 6. The molecule has 0 bridgehead atoms. The van der Waals surface area contributed by atoms with Gasteiger partial charge in [-0.2, -0.15) is 13.2 Å². The predicted octanol–water partition coefficient (Wildman–Crippen LogP) is 6.99. The van der Waals surface area contributed by atoms with Gasteiger partial charge in [0.25, 0.3) is 0 Å². The maximum Gasteiger partial charge on any atom is 0.417 e. The molecular weight excluding hydrogens is 508 g/mol. The zero-order chi connectivity index (χ0) is 24.3. The van der Waals surface area contributed by atoms with Crippen molar-refractivity contribution in [3.63, 3.8) is 0 Å². The van der Waals surface area contributed by atoms with Gasteiger partial charge in [-0.25, -0.2) is 0 Å². The first-order valence-electron chi connectivity index (χ1n) is 9.78. The summed E-state index contributed by atoms with van der Waals surface area (Å²) in [6.45, 7) is 0. The van der Waals surface area contributed by atoms with E-state index in [1.807, 2.05) is 30.3 Å². The van der Waals surface area contributed by atoms with Crippen molar-refractivity contribution in [2.75, 3.05) is 11.1 Å². The summed E-state index contributed by atoms with van der Waals surface area (Å²) in [5, 5.41) is 11.5. The number of benzene rings is 3. The normalized spacial score (nSPS) is 11.4. The minimum absolute atomic E-state index is 0.00790. The summed E-state index contributed by atoms with van der Waals surface area (Å²) in [6, 6.07) is 19.7. The number of thioether (sulfide) groups is 1. The lowest BCUT2D eigenvalue weighted by Gasteiger charge is -2.12. The molecule has 0 saturated heterocycles. The quantitative estimate of drug-likeness (QED) is 0.277. The van der Waals surface area contributed by atoms with Gasteiger partial charge in [-0.15, -0.1) is 10.2 Å². The molecule has 0 radical (unpaired) electrons. The molecule has 11 heteroatoms. The summed E-state index contributed by atoms with van der Waals surface area (Å²) in [5.74, 6) is -0.0458. The van der Waals surface area contributed by atoms with Crippen LogP contribution in [0.1, 0.15) is 5.56 Å². The number of alkyl halides is 3. The van der Waals surface area contributed by atoms with Crippen molar-refractivity contribution in [1.82, 2.24) is 14.8 Å². The average Bonchev–Trinajstić information content (AvgIpc) is 3.23. The zero-order valence-corrected chi connectivity index (χ0v) is 19.5. The molecule has 0 aliphatic carbocycles. The Labute approximate surface area is 206 Å². The van der Waals surface area contributed by atoms with Crippen molar-refractivity contribution in [2.24, 2.45) is 0 Å². The predicted molar refractivity (Wildman–Crippen MR) is 128 cm³/mol. The SMILES string of the molecule is O=C(CSc1nnc(-c2ccccc2)n1-c1ccc(Cl)cc1)Nc1ccc(Cl)c(C(F)(F)F)c1. The largest absolute Gasteiger partial charge is 0.417 e. The number of carbonyl (C=O) groups excluding carboxylic acids is 1. The van der Waals surface area contributed by atoms with Gasteiger partial charge in [0, 0.05) is 22.0 Å². The number of amides is 1. The smallest absolute Gasteiger partial charge is 0.325 e. The van der Waals surface area contributed by atoms with Crippen LogP contribution in [-0.4, -0.2) is 26.4 Å². The molecule has 0 aliphatic heterocycles. The number of halogens is 5. The summed E-state index contributed by atoms with van der Waals surface area (Å²) >= 11 is 12.8. The van der Waals surface area contributed by atoms with Crippen molar-refractivity contribution < 1.29 is 18.0 Å². The Bertz CT molecular complexity index is 1310. The van der Waals surface area contributed by atoms with Gasteiger partial charge in [-0.1, -0.05) is 65.3 Å². The summed E-state index contributed by atoms with van der Waals surface area (Å²) in [6.07, 6.45) is -4.63. The third-order valence-corrected chi connectivity index (χ3v) is 6.15. The van der Waals surface area contributed by atoms with Crippen LogP contribution in [0, 0.1) is 0 Å². The van der Waals surface area contributed by atoms with Crippen LogP contribution in [0.25, 0.3) is 17.1 Å². The molecule has 0 aliphatic rings. The van der Waals surface area contributed by atoms with E-state index in [2.05, 4.69) is 15.5 Å². The summed E-state index contributed by atoms with van der Waals surface area (Å²) in [4.78, 5) is 12.5. The van der Waals surface area contributed by atoms with E-state index in [0.29, 0.717) is 16.0 Å². The van der Waals surface area contributed by atoms with Crippen LogP contribution >= 0.6 is 35.0 Å². The monoisotopic (exact) mass is 522 g/mol.